The summed E-state index contributed by atoms with van der Waals surface area (Å²) in [6, 6.07) is 1.96. The SMILES string of the molecule is Cc1cc(N2CCSCC2)c(C(N)=O)c(C)n1. The molecule has 0 aromatic carbocycles. The van der Waals surface area contributed by atoms with Gasteiger partial charge in [0.05, 0.1) is 16.9 Å². The zero-order chi connectivity index (χ0) is 12.4. The van der Waals surface area contributed by atoms with Crippen LogP contribution in [-0.2, 0) is 0 Å². The third kappa shape index (κ3) is 2.54. The van der Waals surface area contributed by atoms with Crippen molar-refractivity contribution in [1.29, 1.82) is 0 Å². The lowest BCUT2D eigenvalue weighted by molar-refractivity contribution is 0.1000. The molecule has 0 atom stereocenters. The first-order valence-electron chi connectivity index (χ1n) is 5.70. The predicted molar refractivity (Wildman–Crippen MR) is 71.8 cm³/mol. The summed E-state index contributed by atoms with van der Waals surface area (Å²) in [5.74, 6) is 1.81. The van der Waals surface area contributed by atoms with Gasteiger partial charge in [0.1, 0.15) is 0 Å². The Hall–Kier alpha value is -1.23. The molecule has 0 spiro atoms. The van der Waals surface area contributed by atoms with Gasteiger partial charge in [0, 0.05) is 30.3 Å². The van der Waals surface area contributed by atoms with E-state index >= 15 is 0 Å². The van der Waals surface area contributed by atoms with E-state index in [0.717, 1.165) is 41.7 Å². The highest BCUT2D eigenvalue weighted by molar-refractivity contribution is 7.99. The Bertz CT molecular complexity index is 442. The van der Waals surface area contributed by atoms with Gasteiger partial charge in [-0.2, -0.15) is 11.8 Å². The summed E-state index contributed by atoms with van der Waals surface area (Å²) in [7, 11) is 0. The second kappa shape index (κ2) is 4.96. The number of carbonyl (C=O) groups is 1. The van der Waals surface area contributed by atoms with Crippen LogP contribution in [0.5, 0.6) is 0 Å². The standard InChI is InChI=1S/C12H17N3OS/c1-8-7-10(15-3-5-17-6-4-15)11(12(13)16)9(2)14-8/h7H,3-6H2,1-2H3,(H2,13,16). The van der Waals surface area contributed by atoms with Crippen LogP contribution in [0.25, 0.3) is 0 Å². The lowest BCUT2D eigenvalue weighted by Crippen LogP contribution is -2.34. The van der Waals surface area contributed by atoms with Crippen LogP contribution in [0, 0.1) is 13.8 Å². The van der Waals surface area contributed by atoms with Crippen LogP contribution in [0.2, 0.25) is 0 Å². The van der Waals surface area contributed by atoms with Crippen molar-refractivity contribution in [3.63, 3.8) is 0 Å². The molecule has 1 fully saturated rings. The Kier molecular flexibility index (Phi) is 3.57. The molecule has 92 valence electrons. The number of nitrogens with zero attached hydrogens (tertiary/aromatic N) is 2. The van der Waals surface area contributed by atoms with Crippen molar-refractivity contribution >= 4 is 23.4 Å². The molecule has 17 heavy (non-hydrogen) atoms. The number of hydrogen-bond acceptors (Lipinski definition) is 4. The smallest absolute Gasteiger partial charge is 0.252 e. The second-order valence-corrected chi connectivity index (χ2v) is 5.43. The first-order chi connectivity index (χ1) is 8.09. The summed E-state index contributed by atoms with van der Waals surface area (Å²) in [6.07, 6.45) is 0. The third-order valence-corrected chi connectivity index (χ3v) is 3.85. The van der Waals surface area contributed by atoms with Gasteiger partial charge in [-0.15, -0.1) is 0 Å². The fourth-order valence-corrected chi connectivity index (χ4v) is 3.07. The van der Waals surface area contributed by atoms with E-state index in [1.165, 1.54) is 0 Å². The highest BCUT2D eigenvalue weighted by atomic mass is 32.2. The maximum absolute atomic E-state index is 11.5. The lowest BCUT2D eigenvalue weighted by Gasteiger charge is -2.30. The third-order valence-electron chi connectivity index (χ3n) is 2.91. The first kappa shape index (κ1) is 12.2. The number of anilines is 1. The number of hydrogen-bond donors (Lipinski definition) is 1. The van der Waals surface area contributed by atoms with Crippen molar-refractivity contribution in [1.82, 2.24) is 4.98 Å². The molecule has 1 aromatic heterocycles. The van der Waals surface area contributed by atoms with Crippen LogP contribution in [-0.4, -0.2) is 35.5 Å². The molecule has 1 aliphatic heterocycles. The van der Waals surface area contributed by atoms with Crippen molar-refractivity contribution in [2.24, 2.45) is 5.73 Å². The van der Waals surface area contributed by atoms with Crippen molar-refractivity contribution in [2.75, 3.05) is 29.5 Å². The molecule has 1 amide bonds. The van der Waals surface area contributed by atoms with Crippen LogP contribution < -0.4 is 10.6 Å². The molecule has 1 aromatic rings. The average Bonchev–Trinajstić information content (AvgIpc) is 2.28. The monoisotopic (exact) mass is 251 g/mol. The van der Waals surface area contributed by atoms with E-state index in [2.05, 4.69) is 9.88 Å². The zero-order valence-corrected chi connectivity index (χ0v) is 11.0. The van der Waals surface area contributed by atoms with E-state index in [-0.39, 0.29) is 5.91 Å². The Morgan fingerprint density at radius 2 is 2.06 bits per heavy atom. The molecule has 0 bridgehead atoms. The number of carbonyl (C=O) groups excluding carboxylic acids is 1. The minimum atomic E-state index is -0.386. The van der Waals surface area contributed by atoms with E-state index in [1.54, 1.807) is 0 Å². The normalized spacial score (nSPS) is 16.0. The lowest BCUT2D eigenvalue weighted by atomic mass is 10.1. The minimum Gasteiger partial charge on any atom is -0.369 e. The molecule has 4 nitrogen and oxygen atoms in total. The number of rotatable bonds is 2. The maximum atomic E-state index is 11.5. The van der Waals surface area contributed by atoms with Gasteiger partial charge in [-0.1, -0.05) is 0 Å². The van der Waals surface area contributed by atoms with Crippen LogP contribution in [0.3, 0.4) is 0 Å². The van der Waals surface area contributed by atoms with Crippen molar-refractivity contribution in [2.45, 2.75) is 13.8 Å². The molecule has 0 unspecified atom stereocenters. The average molecular weight is 251 g/mol. The minimum absolute atomic E-state index is 0.386. The summed E-state index contributed by atoms with van der Waals surface area (Å²) in [5.41, 5.74) is 8.64. The molecule has 2 heterocycles. The van der Waals surface area contributed by atoms with E-state index in [0.29, 0.717) is 5.56 Å². The molecule has 0 radical (unpaired) electrons. The largest absolute Gasteiger partial charge is 0.369 e. The molecule has 0 aliphatic carbocycles. The van der Waals surface area contributed by atoms with Crippen molar-refractivity contribution < 1.29 is 4.79 Å². The Labute approximate surface area is 106 Å². The highest BCUT2D eigenvalue weighted by Gasteiger charge is 2.20. The highest BCUT2D eigenvalue weighted by Crippen LogP contribution is 2.26. The van der Waals surface area contributed by atoms with E-state index in [1.807, 2.05) is 31.7 Å². The number of amides is 1. The summed E-state index contributed by atoms with van der Waals surface area (Å²) >= 11 is 1.94. The fourth-order valence-electron chi connectivity index (χ4n) is 2.17. The first-order valence-corrected chi connectivity index (χ1v) is 6.86. The summed E-state index contributed by atoms with van der Waals surface area (Å²) in [6.45, 7) is 5.72. The number of thioether (sulfide) groups is 1. The molecule has 2 rings (SSSR count). The van der Waals surface area contributed by atoms with Gasteiger partial charge in [-0.3, -0.25) is 9.78 Å². The molecule has 2 N–H and O–H groups in total. The molecule has 5 heteroatoms. The van der Waals surface area contributed by atoms with E-state index in [4.69, 9.17) is 5.73 Å². The second-order valence-electron chi connectivity index (χ2n) is 4.21. The van der Waals surface area contributed by atoms with Crippen molar-refractivity contribution in [3.8, 4) is 0 Å². The van der Waals surface area contributed by atoms with Crippen LogP contribution in [0.15, 0.2) is 6.07 Å². The summed E-state index contributed by atoms with van der Waals surface area (Å²) < 4.78 is 0. The van der Waals surface area contributed by atoms with Gasteiger partial charge in [-0.25, -0.2) is 0 Å². The number of aromatic nitrogens is 1. The number of primary amides is 1. The fraction of sp³-hybridized carbons (Fsp3) is 0.500. The van der Waals surface area contributed by atoms with Gasteiger partial charge >= 0.3 is 0 Å². The van der Waals surface area contributed by atoms with E-state index in [9.17, 15) is 4.79 Å². The van der Waals surface area contributed by atoms with Crippen molar-refractivity contribution in [3.05, 3.63) is 23.0 Å². The molecular formula is C12H17N3OS. The Morgan fingerprint density at radius 1 is 1.41 bits per heavy atom. The Balaban J connectivity index is 2.46. The summed E-state index contributed by atoms with van der Waals surface area (Å²) in [4.78, 5) is 18.1. The van der Waals surface area contributed by atoms with Crippen LogP contribution in [0.4, 0.5) is 5.69 Å². The quantitative estimate of drug-likeness (QED) is 0.862. The molecule has 1 aliphatic rings. The summed E-state index contributed by atoms with van der Waals surface area (Å²) in [5, 5.41) is 0. The predicted octanol–water partition coefficient (Wildman–Crippen LogP) is 1.35. The van der Waals surface area contributed by atoms with Gasteiger partial charge in [0.2, 0.25) is 0 Å². The van der Waals surface area contributed by atoms with Crippen LogP contribution >= 0.6 is 11.8 Å². The maximum Gasteiger partial charge on any atom is 0.252 e. The molecular weight excluding hydrogens is 234 g/mol. The topological polar surface area (TPSA) is 59.2 Å². The number of nitrogens with two attached hydrogens (primary N) is 1. The molecule has 0 saturated carbocycles. The van der Waals surface area contributed by atoms with Crippen LogP contribution in [0.1, 0.15) is 21.7 Å². The molecule has 1 saturated heterocycles. The van der Waals surface area contributed by atoms with E-state index < -0.39 is 0 Å². The zero-order valence-electron chi connectivity index (χ0n) is 10.2. The van der Waals surface area contributed by atoms with Gasteiger partial charge < -0.3 is 10.6 Å². The number of aryl methyl sites for hydroxylation is 2. The van der Waals surface area contributed by atoms with Gasteiger partial charge in [0.25, 0.3) is 5.91 Å². The van der Waals surface area contributed by atoms with Gasteiger partial charge in [-0.05, 0) is 19.9 Å². The van der Waals surface area contributed by atoms with Gasteiger partial charge in [0.15, 0.2) is 0 Å². The number of pyridine rings is 1. The Morgan fingerprint density at radius 3 is 2.65 bits per heavy atom.